The van der Waals surface area contributed by atoms with Crippen molar-refractivity contribution < 1.29 is 18.7 Å². The summed E-state index contributed by atoms with van der Waals surface area (Å²) in [5.74, 6) is 1.15. The number of hydrogen-bond acceptors (Lipinski definition) is 5. The first kappa shape index (κ1) is 16.6. The number of carbonyl (C=O) groups excluding carboxylic acids is 1. The molecule has 3 aromatic rings. The summed E-state index contributed by atoms with van der Waals surface area (Å²) in [5, 5.41) is 2.87. The Hall–Kier alpha value is -2.86. The number of carbonyl (C=O) groups is 1. The van der Waals surface area contributed by atoms with Crippen LogP contribution in [0.2, 0.25) is 0 Å². The average molecular weight is 352 g/mol. The molecule has 1 N–H and O–H groups in total. The molecule has 1 saturated heterocycles. The third-order valence-corrected chi connectivity index (χ3v) is 4.33. The highest BCUT2D eigenvalue weighted by atomic mass is 16.5. The Balaban J connectivity index is 1.38. The smallest absolute Gasteiger partial charge is 0.255 e. The number of fused-ring (bicyclic) bond motifs is 1. The fraction of sp³-hybridized carbons (Fsp3) is 0.300. The minimum Gasteiger partial charge on any atom is -0.491 e. The highest BCUT2D eigenvalue weighted by Gasteiger charge is 2.16. The molecule has 0 radical (unpaired) electrons. The Labute approximate surface area is 151 Å². The van der Waals surface area contributed by atoms with E-state index >= 15 is 0 Å². The summed E-state index contributed by atoms with van der Waals surface area (Å²) < 4.78 is 16.7. The van der Waals surface area contributed by atoms with Crippen LogP contribution in [0.15, 0.2) is 46.9 Å². The second-order valence-electron chi connectivity index (χ2n) is 6.34. The zero-order chi connectivity index (χ0) is 17.9. The molecule has 0 unspecified atom stereocenters. The number of ether oxygens (including phenoxy) is 2. The van der Waals surface area contributed by atoms with E-state index in [0.717, 1.165) is 30.7 Å². The molecule has 134 valence electrons. The van der Waals surface area contributed by atoms with Crippen LogP contribution in [0.1, 0.15) is 29.1 Å². The third-order valence-electron chi connectivity index (χ3n) is 4.33. The number of benzene rings is 2. The quantitative estimate of drug-likeness (QED) is 0.753. The lowest BCUT2D eigenvalue weighted by Crippen LogP contribution is -2.16. The SMILES string of the molecule is Cc1nc2cc(NC(=O)c3ccc(OC[C@@H]4CCCO4)cc3)ccc2o1. The van der Waals surface area contributed by atoms with Crippen molar-refractivity contribution in [3.63, 3.8) is 0 Å². The monoisotopic (exact) mass is 352 g/mol. The first-order valence-corrected chi connectivity index (χ1v) is 8.70. The van der Waals surface area contributed by atoms with Gasteiger partial charge in [0.05, 0.1) is 6.10 Å². The van der Waals surface area contributed by atoms with Gasteiger partial charge < -0.3 is 19.2 Å². The molecule has 0 spiro atoms. The van der Waals surface area contributed by atoms with Crippen LogP contribution in [-0.2, 0) is 4.74 Å². The van der Waals surface area contributed by atoms with E-state index in [0.29, 0.717) is 29.3 Å². The number of nitrogens with one attached hydrogen (secondary N) is 1. The van der Waals surface area contributed by atoms with E-state index in [2.05, 4.69) is 10.3 Å². The van der Waals surface area contributed by atoms with E-state index in [9.17, 15) is 4.79 Å². The Morgan fingerprint density at radius 2 is 2.12 bits per heavy atom. The number of amides is 1. The van der Waals surface area contributed by atoms with Crippen molar-refractivity contribution in [2.24, 2.45) is 0 Å². The molecule has 4 rings (SSSR count). The summed E-state index contributed by atoms with van der Waals surface area (Å²) in [4.78, 5) is 16.7. The molecule has 2 aromatic carbocycles. The van der Waals surface area contributed by atoms with Gasteiger partial charge in [-0.3, -0.25) is 4.79 Å². The number of hydrogen-bond donors (Lipinski definition) is 1. The summed E-state index contributed by atoms with van der Waals surface area (Å²) in [6.45, 7) is 3.15. The number of nitrogens with zero attached hydrogens (tertiary/aromatic N) is 1. The number of aryl methyl sites for hydroxylation is 1. The van der Waals surface area contributed by atoms with Gasteiger partial charge in [-0.25, -0.2) is 4.98 Å². The first-order valence-electron chi connectivity index (χ1n) is 8.70. The molecule has 1 aromatic heterocycles. The number of aromatic nitrogens is 1. The molecule has 0 aliphatic carbocycles. The number of anilines is 1. The molecule has 1 amide bonds. The average Bonchev–Trinajstić information content (AvgIpc) is 3.28. The molecular weight excluding hydrogens is 332 g/mol. The van der Waals surface area contributed by atoms with Crippen molar-refractivity contribution in [3.8, 4) is 5.75 Å². The van der Waals surface area contributed by atoms with Crippen LogP contribution in [0.25, 0.3) is 11.1 Å². The van der Waals surface area contributed by atoms with E-state index < -0.39 is 0 Å². The lowest BCUT2D eigenvalue weighted by Gasteiger charge is -2.11. The molecule has 26 heavy (non-hydrogen) atoms. The minimum absolute atomic E-state index is 0.174. The van der Waals surface area contributed by atoms with Gasteiger partial charge in [0.2, 0.25) is 0 Å². The molecule has 2 heterocycles. The first-order chi connectivity index (χ1) is 12.7. The number of oxazole rings is 1. The summed E-state index contributed by atoms with van der Waals surface area (Å²) in [6, 6.07) is 12.5. The maximum Gasteiger partial charge on any atom is 0.255 e. The largest absolute Gasteiger partial charge is 0.491 e. The molecule has 0 saturated carbocycles. The van der Waals surface area contributed by atoms with Gasteiger partial charge in [-0.1, -0.05) is 0 Å². The van der Waals surface area contributed by atoms with Gasteiger partial charge in [-0.05, 0) is 55.3 Å². The lowest BCUT2D eigenvalue weighted by atomic mass is 10.2. The predicted octanol–water partition coefficient (Wildman–Crippen LogP) is 3.95. The van der Waals surface area contributed by atoms with Crippen LogP contribution in [0.4, 0.5) is 5.69 Å². The topological polar surface area (TPSA) is 73.6 Å². The van der Waals surface area contributed by atoms with Gasteiger partial charge in [0.15, 0.2) is 11.5 Å². The van der Waals surface area contributed by atoms with E-state index in [4.69, 9.17) is 13.9 Å². The zero-order valence-corrected chi connectivity index (χ0v) is 14.5. The molecule has 1 atom stereocenters. The molecule has 6 heteroatoms. The summed E-state index contributed by atoms with van der Waals surface area (Å²) in [7, 11) is 0. The van der Waals surface area contributed by atoms with Gasteiger partial charge in [-0.15, -0.1) is 0 Å². The minimum atomic E-state index is -0.185. The molecule has 1 fully saturated rings. The summed E-state index contributed by atoms with van der Waals surface area (Å²) >= 11 is 0. The van der Waals surface area contributed by atoms with Crippen molar-refractivity contribution in [2.45, 2.75) is 25.9 Å². The van der Waals surface area contributed by atoms with Gasteiger partial charge in [0.1, 0.15) is 17.9 Å². The standard InChI is InChI=1S/C20H20N2O4/c1-13-21-18-11-15(6-9-19(18)26-13)22-20(23)14-4-7-16(8-5-14)25-12-17-3-2-10-24-17/h4-9,11,17H,2-3,10,12H2,1H3,(H,22,23)/t17-/m0/s1. The summed E-state index contributed by atoms with van der Waals surface area (Å²) in [6.07, 6.45) is 2.30. The second-order valence-corrected chi connectivity index (χ2v) is 6.34. The fourth-order valence-electron chi connectivity index (χ4n) is 2.99. The Bertz CT molecular complexity index is 911. The van der Waals surface area contributed by atoms with Crippen LogP contribution in [0.5, 0.6) is 5.75 Å². The number of rotatable bonds is 5. The second kappa shape index (κ2) is 7.17. The zero-order valence-electron chi connectivity index (χ0n) is 14.5. The van der Waals surface area contributed by atoms with Gasteiger partial charge >= 0.3 is 0 Å². The molecular formula is C20H20N2O4. The maximum atomic E-state index is 12.4. The maximum absolute atomic E-state index is 12.4. The molecule has 0 bridgehead atoms. The van der Waals surface area contributed by atoms with Crippen molar-refractivity contribution in [2.75, 3.05) is 18.5 Å². The highest BCUT2D eigenvalue weighted by molar-refractivity contribution is 6.04. The Morgan fingerprint density at radius 1 is 1.27 bits per heavy atom. The molecule has 1 aliphatic rings. The van der Waals surface area contributed by atoms with Crippen LogP contribution < -0.4 is 10.1 Å². The summed E-state index contributed by atoms with van der Waals surface area (Å²) in [5.41, 5.74) is 2.66. The predicted molar refractivity (Wildman–Crippen MR) is 97.6 cm³/mol. The molecule has 6 nitrogen and oxygen atoms in total. The van der Waals surface area contributed by atoms with Crippen LogP contribution in [-0.4, -0.2) is 30.2 Å². The van der Waals surface area contributed by atoms with Crippen molar-refractivity contribution in [3.05, 3.63) is 53.9 Å². The fourth-order valence-corrected chi connectivity index (χ4v) is 2.99. The van der Waals surface area contributed by atoms with Crippen molar-refractivity contribution in [1.29, 1.82) is 0 Å². The Kier molecular flexibility index (Phi) is 4.58. The van der Waals surface area contributed by atoms with Gasteiger partial charge in [0.25, 0.3) is 5.91 Å². The lowest BCUT2D eigenvalue weighted by molar-refractivity contribution is 0.0679. The van der Waals surface area contributed by atoms with Crippen LogP contribution >= 0.6 is 0 Å². The molecule has 1 aliphatic heterocycles. The van der Waals surface area contributed by atoms with Crippen molar-refractivity contribution >= 4 is 22.7 Å². The van der Waals surface area contributed by atoms with E-state index in [1.165, 1.54) is 0 Å². The normalized spacial score (nSPS) is 16.7. The van der Waals surface area contributed by atoms with E-state index in [1.807, 2.05) is 0 Å². The van der Waals surface area contributed by atoms with E-state index in [-0.39, 0.29) is 12.0 Å². The van der Waals surface area contributed by atoms with Crippen molar-refractivity contribution in [1.82, 2.24) is 4.98 Å². The highest BCUT2D eigenvalue weighted by Crippen LogP contribution is 2.21. The van der Waals surface area contributed by atoms with Crippen LogP contribution in [0, 0.1) is 6.92 Å². The Morgan fingerprint density at radius 3 is 2.88 bits per heavy atom. The third kappa shape index (κ3) is 3.70. The van der Waals surface area contributed by atoms with Crippen LogP contribution in [0.3, 0.4) is 0 Å². The van der Waals surface area contributed by atoms with Gasteiger partial charge in [0, 0.05) is 24.8 Å². The van der Waals surface area contributed by atoms with E-state index in [1.54, 1.807) is 49.4 Å². The van der Waals surface area contributed by atoms with Gasteiger partial charge in [-0.2, -0.15) is 0 Å².